The topological polar surface area (TPSA) is 15.7 Å². The van der Waals surface area contributed by atoms with Crippen LogP contribution >= 0.6 is 0 Å². The second-order valence-corrected chi connectivity index (χ2v) is 32.1. The summed E-state index contributed by atoms with van der Waals surface area (Å²) in [5.74, 6) is 2.57. The van der Waals surface area contributed by atoms with Gasteiger partial charge in [-0.05, 0) is 255 Å². The first-order valence-corrected chi connectivity index (χ1v) is 39.0. The molecule has 3 heteroatoms. The van der Waals surface area contributed by atoms with Crippen molar-refractivity contribution in [2.45, 2.75) is 90.6 Å². The normalized spacial score (nSPS) is 13.9. The second kappa shape index (κ2) is 27.8. The summed E-state index contributed by atoms with van der Waals surface area (Å²) >= 11 is 0. The molecule has 3 aliphatic carbocycles. The van der Waals surface area contributed by atoms with E-state index in [0.717, 1.165) is 67.7 Å². The molecule has 0 spiro atoms. The van der Waals surface area contributed by atoms with E-state index >= 15 is 0 Å². The SMILES string of the molecule is CC(C)CC(c1ccc(COc2ccc(C3(c4ccccc4)c4cc(-c5ccc(N(c6ccc(-c7ccccc7)cc6)c6ccc7c(c6)C(C)(C)c6ccccc6-7)cc5)ccc4-c4ccc(-c5ccc(N(c6ccc(-c7ccccc7)cc6)c6ccc7c(c6)C(C)(C)c6ccccc6-7)cc5)cc43)cc2)cc1)C(C)C. The zero-order valence-electron chi connectivity index (χ0n) is 63.5. The summed E-state index contributed by atoms with van der Waals surface area (Å²) in [6.45, 7) is 19.3. The summed E-state index contributed by atoms with van der Waals surface area (Å²) in [5, 5.41) is 0. The number of anilines is 6. The molecule has 0 aliphatic heterocycles. The van der Waals surface area contributed by atoms with Gasteiger partial charge < -0.3 is 14.5 Å². The minimum Gasteiger partial charge on any atom is -0.489 e. The maximum Gasteiger partial charge on any atom is 0.119 e. The molecule has 0 saturated heterocycles. The minimum absolute atomic E-state index is 0.158. The van der Waals surface area contributed by atoms with Gasteiger partial charge in [-0.3, -0.25) is 0 Å². The van der Waals surface area contributed by atoms with Crippen LogP contribution in [0.25, 0.3) is 77.9 Å². The van der Waals surface area contributed by atoms with E-state index in [1.54, 1.807) is 0 Å². The first-order valence-electron chi connectivity index (χ1n) is 39.0. The summed E-state index contributed by atoms with van der Waals surface area (Å²) in [6.07, 6.45) is 1.18. The average molecular weight is 1410 g/mol. The number of nitrogens with zero attached hydrogens (tertiary/aromatic N) is 2. The summed E-state index contributed by atoms with van der Waals surface area (Å²) in [4.78, 5) is 4.86. The molecule has 0 radical (unpaired) electrons. The highest BCUT2D eigenvalue weighted by Crippen LogP contribution is 2.59. The van der Waals surface area contributed by atoms with Crippen LogP contribution < -0.4 is 14.5 Å². The van der Waals surface area contributed by atoms with E-state index in [0.29, 0.717) is 24.4 Å². The standard InChI is InChI=1S/C106H90N2O/c1-70(2)64-97(71(3)4)79-34-32-72(33-35-79)69-109-90-58-46-83(47-59-90)106(82-26-16-11-17-27-82)102-65-80(77-40-52-86(53-41-77)107(84-48-36-75(37-49-84)73-22-12-9-13-23-73)88-56-62-93-91-28-18-20-30-98(91)104(5,6)100(93)67-88)44-60-95(102)96-61-45-81(66-103(96)106)78-42-54-87(55-43-78)108(85-50-38-76(39-51-85)74-24-14-10-15-25-74)89-57-63-94-92-29-19-21-31-99(92)105(7,8)101(94)68-89/h9-63,65-68,70-71,97H,64,69H2,1-8H3. The zero-order chi connectivity index (χ0) is 74.1. The first-order chi connectivity index (χ1) is 53.2. The van der Waals surface area contributed by atoms with Gasteiger partial charge in [0.2, 0.25) is 0 Å². The number of rotatable bonds is 19. The number of hydrogen-bond donors (Lipinski definition) is 0. The van der Waals surface area contributed by atoms with Crippen molar-refractivity contribution >= 4 is 34.1 Å². The third-order valence-corrected chi connectivity index (χ3v) is 24.0. The van der Waals surface area contributed by atoms with Gasteiger partial charge in [-0.1, -0.05) is 316 Å². The van der Waals surface area contributed by atoms with Crippen LogP contribution in [0.15, 0.2) is 358 Å². The van der Waals surface area contributed by atoms with Gasteiger partial charge in [0.1, 0.15) is 12.4 Å². The molecule has 0 aromatic heterocycles. The van der Waals surface area contributed by atoms with Crippen molar-refractivity contribution in [3.63, 3.8) is 0 Å². The Kier molecular flexibility index (Phi) is 17.5. The fraction of sp³-hybridized carbons (Fsp3) is 0.151. The molecule has 0 heterocycles. The lowest BCUT2D eigenvalue weighted by atomic mass is 9.67. The Morgan fingerprint density at radius 2 is 0.606 bits per heavy atom. The quantitative estimate of drug-likeness (QED) is 0.0802. The predicted octanol–water partition coefficient (Wildman–Crippen LogP) is 28.6. The largest absolute Gasteiger partial charge is 0.489 e. The Morgan fingerprint density at radius 3 is 1.02 bits per heavy atom. The van der Waals surface area contributed by atoms with Gasteiger partial charge in [-0.15, -0.1) is 0 Å². The summed E-state index contributed by atoms with van der Waals surface area (Å²) in [7, 11) is 0. The molecular weight excluding hydrogens is 1320 g/mol. The van der Waals surface area contributed by atoms with Crippen molar-refractivity contribution in [2.24, 2.45) is 11.8 Å². The molecule has 1 atom stereocenters. The maximum absolute atomic E-state index is 6.74. The fourth-order valence-electron chi connectivity index (χ4n) is 18.3. The molecule has 18 rings (SSSR count). The Hall–Kier alpha value is -12.3. The Morgan fingerprint density at radius 1 is 0.275 bits per heavy atom. The zero-order valence-corrected chi connectivity index (χ0v) is 63.5. The molecule has 530 valence electrons. The summed E-state index contributed by atoms with van der Waals surface area (Å²) < 4.78 is 6.74. The van der Waals surface area contributed by atoms with Gasteiger partial charge in [-0.25, -0.2) is 0 Å². The van der Waals surface area contributed by atoms with Crippen molar-refractivity contribution in [1.29, 1.82) is 0 Å². The van der Waals surface area contributed by atoms with Crippen molar-refractivity contribution in [3.8, 4) is 83.6 Å². The Balaban J connectivity index is 0.735. The van der Waals surface area contributed by atoms with E-state index in [4.69, 9.17) is 4.74 Å². The third kappa shape index (κ3) is 12.2. The highest BCUT2D eigenvalue weighted by Gasteiger charge is 2.47. The summed E-state index contributed by atoms with van der Waals surface area (Å²) in [5.41, 5.74) is 35.4. The van der Waals surface area contributed by atoms with E-state index < -0.39 is 5.41 Å². The van der Waals surface area contributed by atoms with Crippen LogP contribution in [0.1, 0.15) is 123 Å². The average Bonchev–Trinajstić information content (AvgIpc) is 1.54. The second-order valence-electron chi connectivity index (χ2n) is 32.1. The molecule has 3 aliphatic rings. The van der Waals surface area contributed by atoms with E-state index in [1.165, 1.54) is 112 Å². The Labute approximate surface area is 644 Å². The van der Waals surface area contributed by atoms with Gasteiger partial charge in [0.25, 0.3) is 0 Å². The number of benzene rings is 15. The lowest BCUT2D eigenvalue weighted by Crippen LogP contribution is -2.28. The molecule has 15 aromatic carbocycles. The lowest BCUT2D eigenvalue weighted by Gasteiger charge is -2.34. The van der Waals surface area contributed by atoms with E-state index in [1.807, 2.05) is 0 Å². The van der Waals surface area contributed by atoms with Crippen LogP contribution in [-0.4, -0.2) is 0 Å². The monoisotopic (exact) mass is 1410 g/mol. The van der Waals surface area contributed by atoms with E-state index in [9.17, 15) is 0 Å². The van der Waals surface area contributed by atoms with Crippen LogP contribution in [0.2, 0.25) is 0 Å². The first kappa shape index (κ1) is 68.5. The molecule has 0 fully saturated rings. The van der Waals surface area contributed by atoms with Crippen molar-refractivity contribution in [3.05, 3.63) is 414 Å². The lowest BCUT2D eigenvalue weighted by molar-refractivity contribution is 0.306. The molecule has 0 bridgehead atoms. The van der Waals surface area contributed by atoms with Crippen LogP contribution in [-0.2, 0) is 22.9 Å². The predicted molar refractivity (Wildman–Crippen MR) is 458 cm³/mol. The maximum atomic E-state index is 6.74. The molecule has 109 heavy (non-hydrogen) atoms. The van der Waals surface area contributed by atoms with E-state index in [2.05, 4.69) is 423 Å². The Bertz CT molecular complexity index is 5550. The van der Waals surface area contributed by atoms with Crippen LogP contribution in [0.4, 0.5) is 34.1 Å². The minimum atomic E-state index is -0.734. The number of hydrogen-bond acceptors (Lipinski definition) is 3. The molecule has 1 unspecified atom stereocenters. The van der Waals surface area contributed by atoms with E-state index in [-0.39, 0.29) is 10.8 Å². The van der Waals surface area contributed by atoms with Gasteiger partial charge in [-0.2, -0.15) is 0 Å². The highest BCUT2D eigenvalue weighted by atomic mass is 16.5. The number of ether oxygens (including phenoxy) is 1. The fourth-order valence-corrected chi connectivity index (χ4v) is 18.3. The van der Waals surface area contributed by atoms with Crippen molar-refractivity contribution < 1.29 is 4.74 Å². The molecule has 0 N–H and O–H groups in total. The van der Waals surface area contributed by atoms with Crippen LogP contribution in [0.5, 0.6) is 5.75 Å². The molecule has 0 amide bonds. The van der Waals surface area contributed by atoms with Crippen LogP contribution in [0.3, 0.4) is 0 Å². The van der Waals surface area contributed by atoms with Gasteiger partial charge in [0, 0.05) is 45.0 Å². The van der Waals surface area contributed by atoms with Gasteiger partial charge in [0.15, 0.2) is 0 Å². The molecule has 3 nitrogen and oxygen atoms in total. The van der Waals surface area contributed by atoms with Gasteiger partial charge in [0.05, 0.1) is 5.41 Å². The third-order valence-electron chi connectivity index (χ3n) is 24.0. The molecule has 0 saturated carbocycles. The van der Waals surface area contributed by atoms with Gasteiger partial charge >= 0.3 is 0 Å². The number of fused-ring (bicyclic) bond motifs is 9. The molecular formula is C106H90N2O. The highest BCUT2D eigenvalue weighted by molar-refractivity contribution is 5.93. The van der Waals surface area contributed by atoms with Crippen LogP contribution in [0, 0.1) is 11.8 Å². The van der Waals surface area contributed by atoms with Crippen molar-refractivity contribution in [1.82, 2.24) is 0 Å². The summed E-state index contributed by atoms with van der Waals surface area (Å²) in [6, 6.07) is 134. The van der Waals surface area contributed by atoms with Crippen molar-refractivity contribution in [2.75, 3.05) is 9.80 Å². The smallest absolute Gasteiger partial charge is 0.119 e. The molecule has 15 aromatic rings.